The summed E-state index contributed by atoms with van der Waals surface area (Å²) in [6.07, 6.45) is 0. The van der Waals surface area contributed by atoms with Gasteiger partial charge in [-0.15, -0.1) is 11.3 Å². The third kappa shape index (κ3) is 5.90. The molecule has 0 bridgehead atoms. The Kier molecular flexibility index (Phi) is 8.34. The van der Waals surface area contributed by atoms with Crippen LogP contribution in [-0.2, 0) is 0 Å². The van der Waals surface area contributed by atoms with Crippen LogP contribution < -0.4 is 9.80 Å². The van der Waals surface area contributed by atoms with Crippen molar-refractivity contribution in [1.82, 2.24) is 4.57 Å². The molecule has 0 N–H and O–H groups in total. The minimum Gasteiger partial charge on any atom is -0.310 e. The Hall–Kier alpha value is -7.40. The lowest BCUT2D eigenvalue weighted by molar-refractivity contribution is 1.19. The first-order chi connectivity index (χ1) is 28.8. The molecule has 4 heteroatoms. The van der Waals surface area contributed by atoms with E-state index in [4.69, 9.17) is 0 Å². The fourth-order valence-electron chi connectivity index (χ4n) is 8.50. The number of fused-ring (bicyclic) bond motifs is 6. The molecule has 274 valence electrons. The molecule has 0 fully saturated rings. The van der Waals surface area contributed by atoms with E-state index in [1.54, 1.807) is 0 Å². The van der Waals surface area contributed by atoms with Crippen LogP contribution in [0.3, 0.4) is 0 Å². The molecule has 11 rings (SSSR count). The molecule has 3 nitrogen and oxygen atoms in total. The summed E-state index contributed by atoms with van der Waals surface area (Å²) in [5.41, 5.74) is 12.3. The van der Waals surface area contributed by atoms with Crippen LogP contribution in [-0.4, -0.2) is 4.57 Å². The van der Waals surface area contributed by atoms with Crippen molar-refractivity contribution >= 4 is 87.4 Å². The van der Waals surface area contributed by atoms with E-state index in [2.05, 4.69) is 239 Å². The van der Waals surface area contributed by atoms with Gasteiger partial charge in [0.2, 0.25) is 0 Å². The molecular formula is C54H37N3S. The average molecular weight is 760 g/mol. The molecule has 0 aliphatic rings. The van der Waals surface area contributed by atoms with Crippen LogP contribution in [0.4, 0.5) is 34.1 Å². The van der Waals surface area contributed by atoms with Crippen LogP contribution in [0.2, 0.25) is 0 Å². The largest absolute Gasteiger partial charge is 0.310 e. The van der Waals surface area contributed by atoms with Crippen molar-refractivity contribution in [2.24, 2.45) is 0 Å². The predicted octanol–water partition coefficient (Wildman–Crippen LogP) is 15.8. The number of anilines is 6. The van der Waals surface area contributed by atoms with Crippen LogP contribution in [0, 0.1) is 0 Å². The Bertz CT molecular complexity index is 3040. The van der Waals surface area contributed by atoms with Crippen LogP contribution in [0.15, 0.2) is 224 Å². The lowest BCUT2D eigenvalue weighted by Gasteiger charge is -2.30. The summed E-state index contributed by atoms with van der Waals surface area (Å²) < 4.78 is 5.07. The number of hydrogen-bond acceptors (Lipinski definition) is 3. The van der Waals surface area contributed by atoms with Crippen molar-refractivity contribution in [3.8, 4) is 16.8 Å². The summed E-state index contributed by atoms with van der Waals surface area (Å²) in [6, 6.07) is 81.1. The van der Waals surface area contributed by atoms with Gasteiger partial charge >= 0.3 is 0 Å². The normalized spacial score (nSPS) is 11.4. The highest BCUT2D eigenvalue weighted by molar-refractivity contribution is 7.25. The SMILES string of the molecule is c1ccc(N(c2ccccc2)c2cc(-c3ccc4c5ccccc5n(-c5ccc6sc7ccccc7c6c5)c4c3)cc(N(c3ccccc3)c3ccccc3)c2)cc1. The van der Waals surface area contributed by atoms with E-state index in [-0.39, 0.29) is 0 Å². The number of benzene rings is 9. The maximum atomic E-state index is 2.45. The molecule has 0 saturated carbocycles. The Balaban J connectivity index is 1.17. The minimum atomic E-state index is 1.07. The van der Waals surface area contributed by atoms with Gasteiger partial charge in [-0.05, 0) is 114 Å². The molecule has 0 unspecified atom stereocenters. The minimum absolute atomic E-state index is 1.07. The molecule has 0 spiro atoms. The number of thiophene rings is 1. The molecule has 0 saturated heterocycles. The topological polar surface area (TPSA) is 11.4 Å². The zero-order chi connectivity index (χ0) is 38.4. The van der Waals surface area contributed by atoms with Gasteiger partial charge in [0.15, 0.2) is 0 Å². The molecule has 0 radical (unpaired) electrons. The molecule has 9 aromatic carbocycles. The van der Waals surface area contributed by atoms with E-state index in [0.29, 0.717) is 0 Å². The first-order valence-electron chi connectivity index (χ1n) is 19.7. The van der Waals surface area contributed by atoms with Gasteiger partial charge in [-0.3, -0.25) is 0 Å². The molecule has 58 heavy (non-hydrogen) atoms. The maximum absolute atomic E-state index is 2.45. The van der Waals surface area contributed by atoms with E-state index < -0.39 is 0 Å². The molecule has 2 heterocycles. The zero-order valence-electron chi connectivity index (χ0n) is 31.6. The highest BCUT2D eigenvalue weighted by atomic mass is 32.1. The smallest absolute Gasteiger partial charge is 0.0547 e. The summed E-state index contributed by atoms with van der Waals surface area (Å²) in [5.74, 6) is 0. The third-order valence-electron chi connectivity index (χ3n) is 11.1. The number of hydrogen-bond donors (Lipinski definition) is 0. The van der Waals surface area contributed by atoms with E-state index in [9.17, 15) is 0 Å². The van der Waals surface area contributed by atoms with Crippen LogP contribution >= 0.6 is 11.3 Å². The summed E-state index contributed by atoms with van der Waals surface area (Å²) in [4.78, 5) is 4.72. The van der Waals surface area contributed by atoms with E-state index in [1.165, 1.54) is 42.0 Å². The molecule has 2 aromatic heterocycles. The maximum Gasteiger partial charge on any atom is 0.0547 e. The highest BCUT2D eigenvalue weighted by Crippen LogP contribution is 2.44. The van der Waals surface area contributed by atoms with Gasteiger partial charge in [0, 0.05) is 70.8 Å². The van der Waals surface area contributed by atoms with Crippen LogP contribution in [0.1, 0.15) is 0 Å². The second-order valence-electron chi connectivity index (χ2n) is 14.6. The van der Waals surface area contributed by atoms with Crippen molar-refractivity contribution in [2.75, 3.05) is 9.80 Å². The number of nitrogens with zero attached hydrogens (tertiary/aromatic N) is 3. The number of aromatic nitrogens is 1. The zero-order valence-corrected chi connectivity index (χ0v) is 32.4. The Morgan fingerprint density at radius 3 is 1.36 bits per heavy atom. The monoisotopic (exact) mass is 759 g/mol. The van der Waals surface area contributed by atoms with Crippen LogP contribution in [0.25, 0.3) is 58.8 Å². The van der Waals surface area contributed by atoms with E-state index in [1.807, 2.05) is 11.3 Å². The third-order valence-corrected chi connectivity index (χ3v) is 12.3. The van der Waals surface area contributed by atoms with Gasteiger partial charge in [-0.1, -0.05) is 121 Å². The van der Waals surface area contributed by atoms with Gasteiger partial charge < -0.3 is 14.4 Å². The van der Waals surface area contributed by atoms with E-state index in [0.717, 1.165) is 50.9 Å². The summed E-state index contributed by atoms with van der Waals surface area (Å²) >= 11 is 1.86. The van der Waals surface area contributed by atoms with E-state index >= 15 is 0 Å². The van der Waals surface area contributed by atoms with Gasteiger partial charge in [0.05, 0.1) is 11.0 Å². The molecule has 0 aliphatic carbocycles. The van der Waals surface area contributed by atoms with Gasteiger partial charge in [-0.2, -0.15) is 0 Å². The van der Waals surface area contributed by atoms with Gasteiger partial charge in [0.25, 0.3) is 0 Å². The second-order valence-corrected chi connectivity index (χ2v) is 15.7. The fraction of sp³-hybridized carbons (Fsp3) is 0. The lowest BCUT2D eigenvalue weighted by atomic mass is 10.0. The summed E-state index contributed by atoms with van der Waals surface area (Å²) in [5, 5.41) is 5.07. The first-order valence-corrected chi connectivity index (χ1v) is 20.5. The Morgan fingerprint density at radius 1 is 0.293 bits per heavy atom. The van der Waals surface area contributed by atoms with Crippen molar-refractivity contribution in [2.45, 2.75) is 0 Å². The van der Waals surface area contributed by atoms with Crippen molar-refractivity contribution < 1.29 is 0 Å². The molecular weight excluding hydrogens is 723 g/mol. The van der Waals surface area contributed by atoms with Crippen LogP contribution in [0.5, 0.6) is 0 Å². The Morgan fingerprint density at radius 2 is 0.776 bits per heavy atom. The summed E-state index contributed by atoms with van der Waals surface area (Å²) in [7, 11) is 0. The molecule has 11 aromatic rings. The standard InChI is InChI=1S/C54H37N3S/c1-5-17-40(18-6-1)55(41-19-7-2-8-20-41)45-33-39(34-46(36-45)56(42-21-9-3-10-22-42)43-23-11-4-12-24-43)38-29-31-48-47-25-13-15-27-51(47)57(52(48)35-38)44-30-32-54-50(37-44)49-26-14-16-28-53(49)58-54/h1-37H. The van der Waals surface area contributed by atoms with Crippen molar-refractivity contribution in [3.05, 3.63) is 224 Å². The highest BCUT2D eigenvalue weighted by Gasteiger charge is 2.21. The Labute approximate surface area is 341 Å². The second kappa shape index (κ2) is 14.3. The molecule has 0 aliphatic heterocycles. The lowest BCUT2D eigenvalue weighted by Crippen LogP contribution is -2.13. The van der Waals surface area contributed by atoms with Gasteiger partial charge in [-0.25, -0.2) is 0 Å². The number of para-hydroxylation sites is 5. The quantitative estimate of drug-likeness (QED) is 0.153. The van der Waals surface area contributed by atoms with Crippen molar-refractivity contribution in [1.29, 1.82) is 0 Å². The first kappa shape index (κ1) is 33.9. The summed E-state index contributed by atoms with van der Waals surface area (Å²) in [6.45, 7) is 0. The molecule has 0 atom stereocenters. The average Bonchev–Trinajstić information content (AvgIpc) is 3.83. The fourth-order valence-corrected chi connectivity index (χ4v) is 9.59. The van der Waals surface area contributed by atoms with Gasteiger partial charge in [0.1, 0.15) is 0 Å². The number of rotatable bonds is 8. The molecule has 0 amide bonds. The predicted molar refractivity (Wildman–Crippen MR) is 248 cm³/mol. The van der Waals surface area contributed by atoms with Crippen molar-refractivity contribution in [3.63, 3.8) is 0 Å².